The number of rotatable bonds is 50. The highest BCUT2D eigenvalue weighted by molar-refractivity contribution is 5.90. The maximum atomic E-state index is 14.4. The van der Waals surface area contributed by atoms with E-state index in [-0.39, 0.29) is 156 Å². The fourth-order valence-electron chi connectivity index (χ4n) is 12.0. The number of ether oxygens (including phenoxy) is 10. The summed E-state index contributed by atoms with van der Waals surface area (Å²) in [6.45, 7) is 24.3. The maximum Gasteiger partial charge on any atom is 0.407 e. The molecule has 0 spiro atoms. The van der Waals surface area contributed by atoms with Crippen LogP contribution in [0.25, 0.3) is 0 Å². The number of methoxy groups -OCH3 is 4. The molecule has 0 aromatic heterocycles. The number of ketones is 2. The monoisotopic (exact) mass is 1490 g/mol. The van der Waals surface area contributed by atoms with Gasteiger partial charge in [0.15, 0.2) is 24.7 Å². The minimum atomic E-state index is -1.05. The summed E-state index contributed by atoms with van der Waals surface area (Å²) in [4.78, 5) is 122. The molecule has 1 aliphatic heterocycles. The zero-order valence-corrected chi connectivity index (χ0v) is 65.8. The Morgan fingerprint density at radius 1 is 0.596 bits per heavy atom. The number of alkyl carbamates (subject to hydrolysis) is 2. The molecule has 1 aromatic carbocycles. The molecule has 1 aliphatic rings. The van der Waals surface area contributed by atoms with E-state index in [1.165, 1.54) is 28.3 Å². The first-order valence-electron chi connectivity index (χ1n) is 36.6. The van der Waals surface area contributed by atoms with Gasteiger partial charge in [0.05, 0.1) is 75.8 Å². The lowest BCUT2D eigenvalue weighted by Crippen LogP contribution is -2.53. The molecule has 30 heteroatoms. The molecule has 8 N–H and O–H groups in total. The Balaban J connectivity index is 0.00000290. The molecule has 104 heavy (non-hydrogen) atoms. The first kappa shape index (κ1) is 98.0. The predicted octanol–water partition coefficient (Wildman–Crippen LogP) is 6.29. The van der Waals surface area contributed by atoms with E-state index in [4.69, 9.17) is 67.8 Å². The molecule has 17 atom stereocenters. The Bertz CT molecular complexity index is 2560. The second kappa shape index (κ2) is 54.5. The van der Waals surface area contributed by atoms with Crippen molar-refractivity contribution in [3.8, 4) is 0 Å². The van der Waals surface area contributed by atoms with Gasteiger partial charge in [-0.25, -0.2) is 14.4 Å². The average Bonchev–Trinajstić information content (AvgIpc) is 1.58. The summed E-state index contributed by atoms with van der Waals surface area (Å²) in [6.07, 6.45) is -2.38. The van der Waals surface area contributed by atoms with Crippen molar-refractivity contribution < 1.29 is 116 Å². The molecule has 0 saturated carbocycles. The number of aliphatic carboxylic acids is 1. The third-order valence-corrected chi connectivity index (χ3v) is 18.7. The van der Waals surface area contributed by atoms with Crippen LogP contribution in [-0.2, 0) is 80.9 Å². The van der Waals surface area contributed by atoms with Crippen LogP contribution in [0.2, 0.25) is 0 Å². The third kappa shape index (κ3) is 36.5. The molecule has 2 rings (SSSR count). The minimum absolute atomic E-state index is 0.0130. The molecule has 7 unspecified atom stereocenters. The first-order chi connectivity index (χ1) is 49.2. The number of esters is 1. The number of Topliss-reactive ketones (excluding diaryl/α,β-unsaturated/α-hetero) is 2. The van der Waals surface area contributed by atoms with E-state index >= 15 is 0 Å². The Morgan fingerprint density at radius 2 is 1.10 bits per heavy atom. The van der Waals surface area contributed by atoms with Gasteiger partial charge in [-0.05, 0) is 82.4 Å². The number of carboxylic acid groups (broad SMARTS) is 1. The van der Waals surface area contributed by atoms with E-state index in [0.29, 0.717) is 31.4 Å². The molecular weight excluding hydrogens is 1360 g/mol. The second-order valence-corrected chi connectivity index (χ2v) is 27.3. The van der Waals surface area contributed by atoms with Gasteiger partial charge in [-0.2, -0.15) is 0 Å². The van der Waals surface area contributed by atoms with Gasteiger partial charge in [0, 0.05) is 98.2 Å². The number of nitrogens with zero attached hydrogens (tertiary/aromatic N) is 3. The molecular formula is C74H132N6O24. The molecule has 5 amide bonds. The zero-order valence-electron chi connectivity index (χ0n) is 65.8. The van der Waals surface area contributed by atoms with Crippen molar-refractivity contribution >= 4 is 53.4 Å². The minimum Gasteiger partial charge on any atom is -0.481 e. The van der Waals surface area contributed by atoms with Crippen molar-refractivity contribution in [2.45, 2.75) is 234 Å². The second-order valence-electron chi connectivity index (χ2n) is 27.3. The van der Waals surface area contributed by atoms with Crippen LogP contribution >= 0.6 is 0 Å². The number of aliphatic hydroxyl groups is 4. The number of aliphatic hydroxyl groups excluding tert-OH is 4. The molecule has 0 bridgehead atoms. The third-order valence-electron chi connectivity index (χ3n) is 18.7. The van der Waals surface area contributed by atoms with Gasteiger partial charge in [0.1, 0.15) is 31.1 Å². The zero-order chi connectivity index (χ0) is 79.3. The average molecular weight is 1490 g/mol. The lowest BCUT2D eigenvalue weighted by Gasteiger charge is -2.41. The molecule has 30 nitrogen and oxygen atoms in total. The van der Waals surface area contributed by atoms with Crippen molar-refractivity contribution in [2.24, 2.45) is 41.4 Å². The Hall–Kier alpha value is -6.03. The highest BCUT2D eigenvalue weighted by Crippen LogP contribution is 2.36. The van der Waals surface area contributed by atoms with E-state index in [1.807, 2.05) is 123 Å². The number of carboxylic acids is 1. The smallest absolute Gasteiger partial charge is 0.407 e. The number of hydrogen-bond acceptors (Lipinski definition) is 24. The van der Waals surface area contributed by atoms with Crippen LogP contribution in [0, 0.1) is 41.4 Å². The van der Waals surface area contributed by atoms with Gasteiger partial charge >= 0.3 is 24.1 Å². The van der Waals surface area contributed by atoms with E-state index in [0.717, 1.165) is 19.3 Å². The van der Waals surface area contributed by atoms with Crippen LogP contribution in [0.4, 0.5) is 9.59 Å². The fourth-order valence-corrected chi connectivity index (χ4v) is 12.0. The first-order valence-corrected chi connectivity index (χ1v) is 36.6. The molecule has 602 valence electrons. The summed E-state index contributed by atoms with van der Waals surface area (Å²) in [7, 11) is 11.3. The summed E-state index contributed by atoms with van der Waals surface area (Å²) < 4.78 is 52.9. The Kier molecular flexibility index (Phi) is 51.4. The summed E-state index contributed by atoms with van der Waals surface area (Å²) in [5.74, 6) is -4.15. The van der Waals surface area contributed by atoms with E-state index in [2.05, 4.69) is 29.8 Å². The number of amides is 5. The van der Waals surface area contributed by atoms with Crippen LogP contribution < -0.4 is 16.0 Å². The van der Waals surface area contributed by atoms with Gasteiger partial charge in [-0.3, -0.25) is 33.7 Å². The summed E-state index contributed by atoms with van der Waals surface area (Å²) in [5.41, 5.74) is 0.686. The normalized spacial score (nSPS) is 17.6. The number of carbonyl (C=O) groups excluding carboxylic acids is 8. The topological polar surface area (TPSA) is 393 Å². The Morgan fingerprint density at radius 3 is 1.52 bits per heavy atom. The van der Waals surface area contributed by atoms with Crippen LogP contribution in [0.5, 0.6) is 0 Å². The SMILES string of the molecule is CCC(CO)OC(CO)OC.CCC(CO)OC(COC(=O)NCCC(=O)N[C@@H](C)C(=O)O[C@@H](c1ccccc1)[C@@H](C)CC(=O)[C@H](C)[C@@H](C)[C@@H]1CCCN1C(=O)C[C@@H](OC)[C@H]([C@@H](C)CC)N(C)C(=O)C(CC(=O)[C@H](C(C)C)N(C)C)C(C)C)OC.CCC(CO)OC(COC(=O)NCCC(=O)O)OC. The van der Waals surface area contributed by atoms with E-state index < -0.39 is 97.1 Å². The van der Waals surface area contributed by atoms with Crippen LogP contribution in [-0.4, -0.2) is 270 Å². The van der Waals surface area contributed by atoms with Crippen molar-refractivity contribution in [1.82, 2.24) is 30.7 Å². The lowest BCUT2D eigenvalue weighted by molar-refractivity contribution is -0.181. The number of benzene rings is 1. The standard InChI is InChI=1S/C56H95N5O13.C11H21NO7.C7H16O4/c1-17-36(7)52(60(14)54(67)43(34(3)4)30-46(64)51(35(5)6)59(12)13)47(70-15)31-49(66)61-28-22-25-44(61)38(9)39(10)45(63)29-37(8)53(41-23-20-19-21-24-41)74-55(68)40(11)58-48(65)26-27-57-56(69)72-33-50(71-16)73-42(18-2)32-62;1-3-8(6-13)19-10(17-2)7-18-11(16)12-5-4-9(14)15;1-3-6(4-8)11-7(5-9)10-2/h19-21,23-24,34-40,42-44,47,50-53,62H,17-18,22,25-33H2,1-16H3,(H,57,69)(H,58,65);8,10,13H,3-7H2,1-2H3,(H,12,16)(H,14,15);6-9H,3-5H2,1-2H3/t36-,37-,38+,39+,40-,42?,43?,44-,47+,50?,51-,52-,53+;;/m0../s1. The van der Waals surface area contributed by atoms with Gasteiger partial charge < -0.3 is 98.7 Å². The highest BCUT2D eigenvalue weighted by Gasteiger charge is 2.43. The van der Waals surface area contributed by atoms with Gasteiger partial charge in [-0.1, -0.05) is 120 Å². The van der Waals surface area contributed by atoms with Gasteiger partial charge in [0.2, 0.25) is 17.7 Å². The number of likely N-dealkylation sites (tertiary alicyclic amines) is 1. The van der Waals surface area contributed by atoms with E-state index in [1.54, 1.807) is 19.1 Å². The van der Waals surface area contributed by atoms with Crippen LogP contribution in [0.1, 0.15) is 172 Å². The van der Waals surface area contributed by atoms with Crippen LogP contribution in [0.3, 0.4) is 0 Å². The summed E-state index contributed by atoms with van der Waals surface area (Å²) in [6, 6.07) is 7.11. The molecule has 1 saturated heterocycles. The lowest BCUT2D eigenvalue weighted by atomic mass is 9.80. The largest absolute Gasteiger partial charge is 0.481 e. The number of carbonyl (C=O) groups is 9. The van der Waals surface area contributed by atoms with Crippen molar-refractivity contribution in [3.05, 3.63) is 35.9 Å². The quantitative estimate of drug-likeness (QED) is 0.0202. The number of hydrogen-bond donors (Lipinski definition) is 8. The molecule has 1 heterocycles. The van der Waals surface area contributed by atoms with Gasteiger partial charge in [0.25, 0.3) is 0 Å². The molecule has 0 aliphatic carbocycles. The summed E-state index contributed by atoms with van der Waals surface area (Å²) in [5, 5.41) is 51.4. The van der Waals surface area contributed by atoms with Gasteiger partial charge in [-0.15, -0.1) is 0 Å². The van der Waals surface area contributed by atoms with Crippen molar-refractivity contribution in [2.75, 3.05) is 109 Å². The number of likely N-dealkylation sites (N-methyl/N-ethyl adjacent to an activating group) is 2. The fraction of sp³-hybridized carbons (Fsp3) is 0.797. The summed E-state index contributed by atoms with van der Waals surface area (Å²) >= 11 is 0. The molecule has 0 radical (unpaired) electrons. The molecule has 1 fully saturated rings. The highest BCUT2D eigenvalue weighted by atomic mass is 16.7. The predicted molar refractivity (Wildman–Crippen MR) is 388 cm³/mol. The van der Waals surface area contributed by atoms with Crippen LogP contribution in [0.15, 0.2) is 30.3 Å². The Labute approximate surface area is 618 Å². The number of nitrogens with one attached hydrogen (secondary N) is 3. The van der Waals surface area contributed by atoms with E-state index in [9.17, 15) is 48.3 Å². The van der Waals surface area contributed by atoms with Crippen molar-refractivity contribution in [1.29, 1.82) is 0 Å². The molecule has 1 aromatic rings. The van der Waals surface area contributed by atoms with Crippen molar-refractivity contribution in [3.63, 3.8) is 0 Å². The maximum absolute atomic E-state index is 14.4.